The Balaban J connectivity index is 3.45. The number of nitrogens with zero attached hydrogens (tertiary/aromatic N) is 1. The van der Waals surface area contributed by atoms with Crippen molar-refractivity contribution in [3.63, 3.8) is 0 Å². The van der Waals surface area contributed by atoms with Crippen LogP contribution in [0.4, 0.5) is 0 Å². The van der Waals surface area contributed by atoms with Gasteiger partial charge in [0.15, 0.2) is 5.78 Å². The summed E-state index contributed by atoms with van der Waals surface area (Å²) in [5.41, 5.74) is 0. The number of Topliss-reactive ketones (excluding diaryl/α,β-unsaturated/α-hetero) is 1. The van der Waals surface area contributed by atoms with Crippen molar-refractivity contribution in [2.24, 2.45) is 0 Å². The topological polar surface area (TPSA) is 72.9 Å². The Labute approximate surface area is 96.6 Å². The van der Waals surface area contributed by atoms with E-state index in [9.17, 15) is 13.2 Å². The smallest absolute Gasteiger partial charge is 0.264 e. The monoisotopic (exact) mass is 253 g/mol. The van der Waals surface area contributed by atoms with Gasteiger partial charge in [0.2, 0.25) is 0 Å². The van der Waals surface area contributed by atoms with Gasteiger partial charge >= 0.3 is 0 Å². The highest BCUT2D eigenvalue weighted by Crippen LogP contribution is 1.89. The molecule has 0 rings (SSSR count). The number of carbonyl (C=O) groups is 1. The highest BCUT2D eigenvalue weighted by atomic mass is 32.2. The first kappa shape index (κ1) is 15.5. The van der Waals surface area contributed by atoms with Crippen LogP contribution in [0.2, 0.25) is 0 Å². The number of rotatable bonds is 9. The molecule has 0 atom stereocenters. The average Bonchev–Trinajstić information content (AvgIpc) is 2.10. The first-order valence-electron chi connectivity index (χ1n) is 4.91. The van der Waals surface area contributed by atoms with Gasteiger partial charge in [-0.3, -0.25) is 8.98 Å². The van der Waals surface area contributed by atoms with Crippen LogP contribution in [0.1, 0.15) is 6.92 Å². The predicted molar refractivity (Wildman–Crippen MR) is 59.8 cm³/mol. The first-order chi connectivity index (χ1) is 7.31. The standard InChI is InChI=1S/C9H19NO5S/c1-9(11)8-14-6-4-10(2)5-7-15-16(3,12)13/h4-8H2,1-3H3. The van der Waals surface area contributed by atoms with Crippen molar-refractivity contribution >= 4 is 15.9 Å². The van der Waals surface area contributed by atoms with Gasteiger partial charge in [0.05, 0.1) is 19.5 Å². The van der Waals surface area contributed by atoms with Gasteiger partial charge in [0.25, 0.3) is 10.1 Å². The fraction of sp³-hybridized carbons (Fsp3) is 0.889. The van der Waals surface area contributed by atoms with Crippen LogP contribution in [0.25, 0.3) is 0 Å². The molecule has 0 aliphatic carbocycles. The van der Waals surface area contributed by atoms with Gasteiger partial charge in [-0.25, -0.2) is 0 Å². The minimum Gasteiger partial charge on any atom is -0.372 e. The molecule has 0 N–H and O–H groups in total. The second-order valence-electron chi connectivity index (χ2n) is 3.58. The fourth-order valence-electron chi connectivity index (χ4n) is 0.893. The molecule has 0 aromatic rings. The van der Waals surface area contributed by atoms with E-state index in [1.807, 2.05) is 11.9 Å². The van der Waals surface area contributed by atoms with E-state index in [0.29, 0.717) is 19.7 Å². The Bertz CT molecular complexity index is 301. The molecule has 96 valence electrons. The molecule has 0 aliphatic heterocycles. The molecule has 0 unspecified atom stereocenters. The third-order valence-corrected chi connectivity index (χ3v) is 2.29. The summed E-state index contributed by atoms with van der Waals surface area (Å²) >= 11 is 0. The molecule has 0 aliphatic rings. The molecule has 6 nitrogen and oxygen atoms in total. The fourth-order valence-corrected chi connectivity index (χ4v) is 1.27. The number of ketones is 1. The lowest BCUT2D eigenvalue weighted by atomic mass is 10.5. The van der Waals surface area contributed by atoms with E-state index in [1.165, 1.54) is 6.92 Å². The van der Waals surface area contributed by atoms with Crippen LogP contribution in [-0.2, 0) is 23.8 Å². The molecular weight excluding hydrogens is 234 g/mol. The van der Waals surface area contributed by atoms with Crippen LogP contribution >= 0.6 is 0 Å². The highest BCUT2D eigenvalue weighted by Gasteiger charge is 2.03. The second-order valence-corrected chi connectivity index (χ2v) is 5.23. The van der Waals surface area contributed by atoms with Gasteiger partial charge in [-0.05, 0) is 14.0 Å². The maximum absolute atomic E-state index is 10.6. The van der Waals surface area contributed by atoms with Crippen molar-refractivity contribution < 1.29 is 22.1 Å². The van der Waals surface area contributed by atoms with Gasteiger partial charge in [-0.2, -0.15) is 8.42 Å². The summed E-state index contributed by atoms with van der Waals surface area (Å²) in [5.74, 6) is -0.0111. The van der Waals surface area contributed by atoms with Crippen molar-refractivity contribution in [2.45, 2.75) is 6.92 Å². The first-order valence-corrected chi connectivity index (χ1v) is 6.73. The molecule has 0 bridgehead atoms. The molecule has 0 saturated heterocycles. The molecule has 0 heterocycles. The molecule has 0 aromatic heterocycles. The second kappa shape index (κ2) is 7.72. The van der Waals surface area contributed by atoms with E-state index in [2.05, 4.69) is 4.18 Å². The van der Waals surface area contributed by atoms with Gasteiger partial charge in [0, 0.05) is 13.1 Å². The molecule has 0 fully saturated rings. The Morgan fingerprint density at radius 2 is 1.81 bits per heavy atom. The van der Waals surface area contributed by atoms with Crippen LogP contribution in [0.5, 0.6) is 0 Å². The van der Waals surface area contributed by atoms with Crippen molar-refractivity contribution in [3.8, 4) is 0 Å². The van der Waals surface area contributed by atoms with Crippen molar-refractivity contribution in [1.82, 2.24) is 4.90 Å². The zero-order valence-corrected chi connectivity index (χ0v) is 10.7. The lowest BCUT2D eigenvalue weighted by Gasteiger charge is -2.15. The van der Waals surface area contributed by atoms with Crippen LogP contribution < -0.4 is 0 Å². The highest BCUT2D eigenvalue weighted by molar-refractivity contribution is 7.85. The molecular formula is C9H19NO5S. The number of carbonyl (C=O) groups excluding carboxylic acids is 1. The number of hydrogen-bond donors (Lipinski definition) is 0. The Kier molecular flexibility index (Phi) is 7.48. The van der Waals surface area contributed by atoms with E-state index >= 15 is 0 Å². The maximum atomic E-state index is 10.6. The maximum Gasteiger partial charge on any atom is 0.264 e. The average molecular weight is 253 g/mol. The third kappa shape index (κ3) is 11.6. The lowest BCUT2D eigenvalue weighted by Crippen LogP contribution is -2.28. The Hall–Kier alpha value is -0.500. The molecule has 0 spiro atoms. The molecule has 0 amide bonds. The van der Waals surface area contributed by atoms with Crippen LogP contribution in [-0.4, -0.2) is 65.3 Å². The molecule has 0 saturated carbocycles. The van der Waals surface area contributed by atoms with Crippen LogP contribution in [0, 0.1) is 0 Å². The lowest BCUT2D eigenvalue weighted by molar-refractivity contribution is -0.121. The zero-order valence-electron chi connectivity index (χ0n) is 9.93. The molecule has 16 heavy (non-hydrogen) atoms. The minimum atomic E-state index is -3.36. The summed E-state index contributed by atoms with van der Waals surface area (Å²) in [4.78, 5) is 12.4. The van der Waals surface area contributed by atoms with Gasteiger partial charge in [-0.15, -0.1) is 0 Å². The summed E-state index contributed by atoms with van der Waals surface area (Å²) in [7, 11) is -1.54. The minimum absolute atomic E-state index is 0.0111. The summed E-state index contributed by atoms with van der Waals surface area (Å²) in [6.45, 7) is 3.27. The Morgan fingerprint density at radius 3 is 2.31 bits per heavy atom. The van der Waals surface area contributed by atoms with E-state index < -0.39 is 10.1 Å². The predicted octanol–water partition coefficient (Wildman–Crippen LogP) is -0.500. The third-order valence-electron chi connectivity index (χ3n) is 1.69. The Morgan fingerprint density at radius 1 is 1.25 bits per heavy atom. The van der Waals surface area contributed by atoms with Gasteiger partial charge in [-0.1, -0.05) is 0 Å². The number of likely N-dealkylation sites (N-methyl/N-ethyl adjacent to an activating group) is 1. The number of hydrogen-bond acceptors (Lipinski definition) is 6. The van der Waals surface area contributed by atoms with Crippen molar-refractivity contribution in [2.75, 3.05) is 46.2 Å². The van der Waals surface area contributed by atoms with Gasteiger partial charge in [0.1, 0.15) is 6.61 Å². The summed E-state index contributed by atoms with van der Waals surface area (Å²) < 4.78 is 30.9. The SMILES string of the molecule is CC(=O)COCCN(C)CCOS(C)(=O)=O. The zero-order chi connectivity index (χ0) is 12.6. The van der Waals surface area contributed by atoms with E-state index in [-0.39, 0.29) is 19.0 Å². The van der Waals surface area contributed by atoms with E-state index in [1.54, 1.807) is 0 Å². The molecule has 0 aromatic carbocycles. The van der Waals surface area contributed by atoms with Crippen molar-refractivity contribution in [1.29, 1.82) is 0 Å². The normalized spacial score (nSPS) is 12.0. The van der Waals surface area contributed by atoms with Crippen LogP contribution in [0.3, 0.4) is 0 Å². The van der Waals surface area contributed by atoms with Crippen LogP contribution in [0.15, 0.2) is 0 Å². The van der Waals surface area contributed by atoms with E-state index in [0.717, 1.165) is 6.26 Å². The number of ether oxygens (including phenoxy) is 1. The summed E-state index contributed by atoms with van der Waals surface area (Å²) in [6, 6.07) is 0. The molecule has 7 heteroatoms. The summed E-state index contributed by atoms with van der Waals surface area (Å²) in [5, 5.41) is 0. The quantitative estimate of drug-likeness (QED) is 0.407. The summed E-state index contributed by atoms with van der Waals surface area (Å²) in [6.07, 6.45) is 1.02. The molecule has 0 radical (unpaired) electrons. The van der Waals surface area contributed by atoms with Crippen molar-refractivity contribution in [3.05, 3.63) is 0 Å². The van der Waals surface area contributed by atoms with E-state index in [4.69, 9.17) is 4.74 Å². The largest absolute Gasteiger partial charge is 0.372 e. The van der Waals surface area contributed by atoms with Gasteiger partial charge < -0.3 is 9.64 Å².